The van der Waals surface area contributed by atoms with Gasteiger partial charge in [0.05, 0.1) is 29.4 Å². The van der Waals surface area contributed by atoms with E-state index in [0.717, 1.165) is 11.6 Å². The average Bonchev–Trinajstić information content (AvgIpc) is 3.43. The fourth-order valence-corrected chi connectivity index (χ4v) is 5.35. The Labute approximate surface area is 264 Å². The molecule has 3 aromatic carbocycles. The van der Waals surface area contributed by atoms with Gasteiger partial charge in [0.2, 0.25) is 0 Å². The lowest BCUT2D eigenvalue weighted by Crippen LogP contribution is -2.44. The molecule has 1 unspecified atom stereocenters. The van der Waals surface area contributed by atoms with Gasteiger partial charge in [0.15, 0.2) is 0 Å². The van der Waals surface area contributed by atoms with Gasteiger partial charge >= 0.3 is 18.2 Å². The number of fused-ring (bicyclic) bond motifs is 1. The van der Waals surface area contributed by atoms with Gasteiger partial charge in [-0.1, -0.05) is 18.2 Å². The molecule has 1 aromatic heterocycles. The SMILES string of the molecule is COC(=O)c1ccc(-n2cnc3cc(OC4CCN(C(=O)OC(C)(C)C)CC4)ccc32)cc1OC(C)c1ccccc1C(F)(F)F. The number of likely N-dealkylation sites (tertiary alicyclic amines) is 1. The third kappa shape index (κ3) is 7.38. The molecule has 9 nitrogen and oxygen atoms in total. The van der Waals surface area contributed by atoms with Crippen molar-refractivity contribution in [1.29, 1.82) is 0 Å². The number of imidazole rings is 1. The smallest absolute Gasteiger partial charge is 0.416 e. The highest BCUT2D eigenvalue weighted by molar-refractivity contribution is 5.93. The monoisotopic (exact) mass is 639 g/mol. The maximum absolute atomic E-state index is 13.7. The van der Waals surface area contributed by atoms with E-state index in [-0.39, 0.29) is 29.1 Å². The maximum atomic E-state index is 13.7. The molecule has 12 heteroatoms. The lowest BCUT2D eigenvalue weighted by atomic mass is 10.0. The van der Waals surface area contributed by atoms with Crippen molar-refractivity contribution in [3.8, 4) is 17.2 Å². The van der Waals surface area contributed by atoms with Crippen LogP contribution in [0.15, 0.2) is 67.0 Å². The summed E-state index contributed by atoms with van der Waals surface area (Å²) in [6, 6.07) is 15.4. The van der Waals surface area contributed by atoms with Crippen LogP contribution in [0.1, 0.15) is 68.1 Å². The number of benzene rings is 3. The van der Waals surface area contributed by atoms with E-state index >= 15 is 0 Å². The molecule has 0 N–H and O–H groups in total. The van der Waals surface area contributed by atoms with Crippen LogP contribution in [-0.4, -0.2) is 58.4 Å². The Morgan fingerprint density at radius 2 is 1.70 bits per heavy atom. The topological polar surface area (TPSA) is 92.1 Å². The summed E-state index contributed by atoms with van der Waals surface area (Å²) in [5.41, 5.74) is 0.598. The van der Waals surface area contributed by atoms with Crippen LogP contribution in [0.25, 0.3) is 16.7 Å². The van der Waals surface area contributed by atoms with E-state index in [9.17, 15) is 22.8 Å². The minimum atomic E-state index is -4.57. The van der Waals surface area contributed by atoms with Crippen LogP contribution in [0.3, 0.4) is 0 Å². The summed E-state index contributed by atoms with van der Waals surface area (Å²) >= 11 is 0. The summed E-state index contributed by atoms with van der Waals surface area (Å²) in [5.74, 6) is 0.0103. The second-order valence-corrected chi connectivity index (χ2v) is 12.1. The van der Waals surface area contributed by atoms with Gasteiger partial charge in [-0.25, -0.2) is 14.6 Å². The van der Waals surface area contributed by atoms with E-state index in [1.807, 2.05) is 39.0 Å². The number of amides is 1. The van der Waals surface area contributed by atoms with Crippen LogP contribution in [0.5, 0.6) is 11.5 Å². The molecular weight excluding hydrogens is 603 g/mol. The van der Waals surface area contributed by atoms with Crippen molar-refractivity contribution in [1.82, 2.24) is 14.5 Å². The highest BCUT2D eigenvalue weighted by atomic mass is 19.4. The lowest BCUT2D eigenvalue weighted by molar-refractivity contribution is -0.139. The molecule has 0 saturated carbocycles. The van der Waals surface area contributed by atoms with E-state index < -0.39 is 29.4 Å². The molecule has 5 rings (SSSR count). The van der Waals surface area contributed by atoms with Gasteiger partial charge in [-0.15, -0.1) is 0 Å². The van der Waals surface area contributed by atoms with E-state index in [2.05, 4.69) is 4.98 Å². The number of hydrogen-bond donors (Lipinski definition) is 0. The molecule has 1 amide bonds. The van der Waals surface area contributed by atoms with Crippen LogP contribution in [0.2, 0.25) is 0 Å². The lowest BCUT2D eigenvalue weighted by Gasteiger charge is -2.33. The van der Waals surface area contributed by atoms with Gasteiger partial charge in [-0.2, -0.15) is 13.2 Å². The number of carbonyl (C=O) groups excluding carboxylic acids is 2. The Morgan fingerprint density at radius 1 is 0.978 bits per heavy atom. The summed E-state index contributed by atoms with van der Waals surface area (Å²) in [7, 11) is 1.22. The van der Waals surface area contributed by atoms with Crippen LogP contribution in [0, 0.1) is 0 Å². The maximum Gasteiger partial charge on any atom is 0.416 e. The second-order valence-electron chi connectivity index (χ2n) is 12.1. The van der Waals surface area contributed by atoms with Gasteiger partial charge in [-0.3, -0.25) is 4.57 Å². The predicted octanol–water partition coefficient (Wildman–Crippen LogP) is 7.75. The number of aromatic nitrogens is 2. The first-order chi connectivity index (χ1) is 21.7. The molecule has 0 aliphatic carbocycles. The number of carbonyl (C=O) groups is 2. The fraction of sp³-hybridized carbons (Fsp3) is 0.382. The fourth-order valence-electron chi connectivity index (χ4n) is 5.35. The molecule has 46 heavy (non-hydrogen) atoms. The highest BCUT2D eigenvalue weighted by Gasteiger charge is 2.35. The van der Waals surface area contributed by atoms with E-state index in [1.54, 1.807) is 27.9 Å². The summed E-state index contributed by atoms with van der Waals surface area (Å²) in [4.78, 5) is 31.1. The number of methoxy groups -OCH3 is 1. The largest absolute Gasteiger partial charge is 0.490 e. The van der Waals surface area contributed by atoms with Crippen molar-refractivity contribution >= 4 is 23.1 Å². The highest BCUT2D eigenvalue weighted by Crippen LogP contribution is 2.37. The Hall–Kier alpha value is -4.74. The van der Waals surface area contributed by atoms with Crippen molar-refractivity contribution in [2.45, 2.75) is 64.5 Å². The zero-order valence-electron chi connectivity index (χ0n) is 26.3. The zero-order valence-corrected chi connectivity index (χ0v) is 26.3. The Kier molecular flexibility index (Phi) is 9.18. The Balaban J connectivity index is 1.34. The Bertz CT molecular complexity index is 1720. The van der Waals surface area contributed by atoms with Crippen molar-refractivity contribution in [3.63, 3.8) is 0 Å². The first-order valence-electron chi connectivity index (χ1n) is 14.9. The van der Waals surface area contributed by atoms with Crippen molar-refractivity contribution in [2.24, 2.45) is 0 Å². The molecule has 1 saturated heterocycles. The molecule has 1 fully saturated rings. The number of rotatable bonds is 7. The number of hydrogen-bond acceptors (Lipinski definition) is 7. The van der Waals surface area contributed by atoms with E-state index in [0.29, 0.717) is 42.9 Å². The number of halogens is 3. The molecule has 0 radical (unpaired) electrons. The van der Waals surface area contributed by atoms with E-state index in [1.165, 1.54) is 38.3 Å². The predicted molar refractivity (Wildman–Crippen MR) is 164 cm³/mol. The van der Waals surface area contributed by atoms with Crippen LogP contribution in [-0.2, 0) is 15.7 Å². The van der Waals surface area contributed by atoms with Crippen LogP contribution < -0.4 is 9.47 Å². The summed E-state index contributed by atoms with van der Waals surface area (Å²) < 4.78 is 65.5. The number of ether oxygens (including phenoxy) is 4. The van der Waals surface area contributed by atoms with Crippen LogP contribution >= 0.6 is 0 Å². The van der Waals surface area contributed by atoms with Crippen molar-refractivity contribution in [3.05, 3.63) is 83.7 Å². The second kappa shape index (κ2) is 12.9. The first-order valence-corrected chi connectivity index (χ1v) is 14.9. The molecule has 1 aliphatic heterocycles. The normalized spacial score (nSPS) is 15.0. The number of alkyl halides is 3. The van der Waals surface area contributed by atoms with Gasteiger partial charge in [-0.05, 0) is 58.0 Å². The number of piperidine rings is 1. The molecule has 2 heterocycles. The van der Waals surface area contributed by atoms with Gasteiger partial charge in [0.25, 0.3) is 0 Å². The molecule has 1 atom stereocenters. The number of esters is 1. The van der Waals surface area contributed by atoms with Crippen molar-refractivity contribution in [2.75, 3.05) is 20.2 Å². The van der Waals surface area contributed by atoms with E-state index in [4.69, 9.17) is 18.9 Å². The molecule has 0 bridgehead atoms. The molecule has 4 aromatic rings. The summed E-state index contributed by atoms with van der Waals surface area (Å²) in [5, 5.41) is 0. The first kappa shape index (κ1) is 32.6. The molecular formula is C34H36F3N3O6. The standard InChI is InChI=1S/C34H36F3N3O6/c1-21(25-8-6-7-9-27(25)34(35,36)37)44-30-18-22(10-12-26(30)31(41)43-5)40-20-38-28-19-24(11-13-29(28)40)45-23-14-16-39(17-15-23)32(42)46-33(2,3)4/h6-13,18-21,23H,14-17H2,1-5H3. The van der Waals surface area contributed by atoms with Gasteiger partial charge in [0, 0.05) is 43.6 Å². The third-order valence-electron chi connectivity index (χ3n) is 7.57. The summed E-state index contributed by atoms with van der Waals surface area (Å²) in [6.45, 7) is 8.07. The molecule has 0 spiro atoms. The average molecular weight is 640 g/mol. The summed E-state index contributed by atoms with van der Waals surface area (Å²) in [6.07, 6.45) is -3.09. The van der Waals surface area contributed by atoms with Crippen LogP contribution in [0.4, 0.5) is 18.0 Å². The Morgan fingerprint density at radius 3 is 2.37 bits per heavy atom. The molecule has 244 valence electrons. The van der Waals surface area contributed by atoms with Crippen molar-refractivity contribution < 1.29 is 41.7 Å². The quantitative estimate of drug-likeness (QED) is 0.191. The van der Waals surface area contributed by atoms with Gasteiger partial charge in [0.1, 0.15) is 41.2 Å². The third-order valence-corrected chi connectivity index (χ3v) is 7.57. The molecule has 1 aliphatic rings. The zero-order chi connectivity index (χ0) is 33.2. The minimum Gasteiger partial charge on any atom is -0.490 e. The minimum absolute atomic E-state index is 0.0626. The number of nitrogens with zero attached hydrogens (tertiary/aromatic N) is 3. The van der Waals surface area contributed by atoms with Gasteiger partial charge < -0.3 is 23.8 Å².